The third kappa shape index (κ3) is 1.70. The largest absolute Gasteiger partial charge is 0.469 e. The van der Waals surface area contributed by atoms with Crippen molar-refractivity contribution >= 4 is 29.4 Å². The predicted molar refractivity (Wildman–Crippen MR) is 107 cm³/mol. The van der Waals surface area contributed by atoms with Crippen LogP contribution in [0, 0.1) is 11.3 Å². The van der Waals surface area contributed by atoms with Gasteiger partial charge in [0.1, 0.15) is 5.41 Å². The Balaban J connectivity index is 1.76. The van der Waals surface area contributed by atoms with E-state index in [1.54, 1.807) is 17.0 Å². The Morgan fingerprint density at radius 2 is 1.84 bits per heavy atom. The van der Waals surface area contributed by atoms with Crippen molar-refractivity contribution in [3.63, 3.8) is 0 Å². The Hall–Kier alpha value is -2.90. The second kappa shape index (κ2) is 5.66. The molecule has 0 radical (unpaired) electrons. The van der Waals surface area contributed by atoms with Crippen LogP contribution in [0.3, 0.4) is 0 Å². The van der Waals surface area contributed by atoms with Crippen LogP contribution in [0.25, 0.3) is 0 Å². The summed E-state index contributed by atoms with van der Waals surface area (Å²) in [6, 6.07) is 6.89. The molecular weight excluding hydrogens is 400 g/mol. The van der Waals surface area contributed by atoms with Crippen LogP contribution in [-0.4, -0.2) is 61.0 Å². The van der Waals surface area contributed by atoms with Crippen LogP contribution >= 0.6 is 0 Å². The lowest BCUT2D eigenvalue weighted by atomic mass is 9.38. The topological polar surface area (TPSA) is 93.2 Å². The van der Waals surface area contributed by atoms with Crippen molar-refractivity contribution in [2.45, 2.75) is 49.1 Å². The van der Waals surface area contributed by atoms with E-state index in [1.807, 2.05) is 12.1 Å². The number of nitrogens with zero attached hydrogens (tertiary/aromatic N) is 2. The molecule has 5 atom stereocenters. The van der Waals surface area contributed by atoms with E-state index in [4.69, 9.17) is 9.47 Å². The molecule has 8 heteroatoms. The van der Waals surface area contributed by atoms with E-state index < -0.39 is 40.6 Å². The third-order valence-electron chi connectivity index (χ3n) is 8.87. The van der Waals surface area contributed by atoms with E-state index in [-0.39, 0.29) is 11.5 Å². The summed E-state index contributed by atoms with van der Waals surface area (Å²) in [5.41, 5.74) is -1.65. The second-order valence-electron chi connectivity index (χ2n) is 9.53. The van der Waals surface area contributed by atoms with Crippen LogP contribution < -0.4 is 4.90 Å². The first-order valence-electron chi connectivity index (χ1n) is 10.8. The molecule has 2 saturated heterocycles. The van der Waals surface area contributed by atoms with E-state index >= 15 is 0 Å². The van der Waals surface area contributed by atoms with E-state index in [1.165, 1.54) is 19.1 Å². The summed E-state index contributed by atoms with van der Waals surface area (Å²) >= 11 is 0. The van der Waals surface area contributed by atoms with Crippen molar-refractivity contribution in [2.75, 3.05) is 25.7 Å². The van der Waals surface area contributed by atoms with Crippen molar-refractivity contribution in [3.8, 4) is 0 Å². The lowest BCUT2D eigenvalue weighted by Crippen LogP contribution is -2.80. The zero-order valence-electron chi connectivity index (χ0n) is 17.6. The number of anilines is 1. The molecule has 5 fully saturated rings. The summed E-state index contributed by atoms with van der Waals surface area (Å²) < 4.78 is 10.4. The zero-order valence-corrected chi connectivity index (χ0v) is 17.6. The first-order chi connectivity index (χ1) is 14.9. The molecule has 3 spiro atoms. The van der Waals surface area contributed by atoms with Gasteiger partial charge >= 0.3 is 12.1 Å². The van der Waals surface area contributed by atoms with Gasteiger partial charge in [-0.25, -0.2) is 4.79 Å². The minimum Gasteiger partial charge on any atom is -0.469 e. The van der Waals surface area contributed by atoms with Crippen molar-refractivity contribution in [3.05, 3.63) is 29.8 Å². The Morgan fingerprint density at radius 1 is 1.06 bits per heavy atom. The number of para-hydroxylation sites is 1. The number of rotatable bonds is 1. The number of ketones is 1. The van der Waals surface area contributed by atoms with Crippen molar-refractivity contribution < 1.29 is 28.7 Å². The van der Waals surface area contributed by atoms with Crippen LogP contribution in [0.15, 0.2) is 24.3 Å². The third-order valence-corrected chi connectivity index (χ3v) is 8.87. The molecule has 1 aromatic rings. The summed E-state index contributed by atoms with van der Waals surface area (Å²) in [6.07, 6.45) is 2.70. The highest BCUT2D eigenvalue weighted by molar-refractivity contribution is 6.44. The molecule has 3 heterocycles. The number of methoxy groups -OCH3 is 2. The smallest absolute Gasteiger partial charge is 0.414 e. The average Bonchev–Trinajstić information content (AvgIpc) is 3.21. The number of hydrogen-bond donors (Lipinski definition) is 0. The summed E-state index contributed by atoms with van der Waals surface area (Å²) in [7, 11) is 2.63. The lowest BCUT2D eigenvalue weighted by molar-refractivity contribution is -0.176. The number of carbonyl (C=O) groups excluding carboxylic acids is 4. The Morgan fingerprint density at radius 3 is 2.58 bits per heavy atom. The van der Waals surface area contributed by atoms with Crippen LogP contribution in [-0.2, 0) is 29.3 Å². The molecule has 1 aromatic carbocycles. The summed E-state index contributed by atoms with van der Waals surface area (Å²) in [4.78, 5) is 57.1. The Bertz CT molecular complexity index is 1070. The fourth-order valence-electron chi connectivity index (χ4n) is 8.14. The number of esters is 1. The number of carbonyl (C=O) groups is 4. The lowest BCUT2D eigenvalue weighted by Gasteiger charge is -2.68. The fraction of sp³-hybridized carbons (Fsp3) is 0.565. The molecule has 2 amide bonds. The van der Waals surface area contributed by atoms with Crippen LogP contribution in [0.2, 0.25) is 0 Å². The number of ether oxygens (including phenoxy) is 2. The Labute approximate surface area is 179 Å². The molecule has 3 aliphatic carbocycles. The minimum absolute atomic E-state index is 0.347. The van der Waals surface area contributed by atoms with Gasteiger partial charge in [-0.2, -0.15) is 0 Å². The van der Waals surface area contributed by atoms with Gasteiger partial charge in [0.2, 0.25) is 5.78 Å². The number of Topliss-reactive ketones (excluding diaryl/α,β-unsaturated/α-hetero) is 1. The highest BCUT2D eigenvalue weighted by Crippen LogP contribution is 2.75. The molecule has 0 aromatic heterocycles. The number of amides is 2. The standard InChI is InChI=1S/C23H24N2O6/c1-30-18(28)14-12-21-8-5-11-24-17(27)16(26)23(19(21)24)13-6-3-4-7-15(13)25(20(29)31-2)22(14,23)10-9-21/h3-4,6-7,14,19H,5,8-12H2,1-2H3. The van der Waals surface area contributed by atoms with Crippen LogP contribution in [0.4, 0.5) is 10.5 Å². The molecular formula is C23H24N2O6. The Kier molecular flexibility index (Phi) is 3.44. The normalized spacial score (nSPS) is 39.2. The average molecular weight is 424 g/mol. The van der Waals surface area contributed by atoms with Crippen molar-refractivity contribution in [1.82, 2.24) is 4.90 Å². The van der Waals surface area contributed by atoms with Crippen LogP contribution in [0.5, 0.6) is 0 Å². The molecule has 7 rings (SSSR count). The van der Waals surface area contributed by atoms with Crippen molar-refractivity contribution in [2.24, 2.45) is 11.3 Å². The van der Waals surface area contributed by atoms with Gasteiger partial charge in [0.05, 0.1) is 37.4 Å². The maximum Gasteiger partial charge on any atom is 0.414 e. The molecule has 0 N–H and O–H groups in total. The first kappa shape index (κ1) is 18.8. The maximum absolute atomic E-state index is 14.0. The summed E-state index contributed by atoms with van der Waals surface area (Å²) in [5.74, 6) is -2.16. The molecule has 2 bridgehead atoms. The van der Waals surface area contributed by atoms with E-state index in [0.29, 0.717) is 30.6 Å². The molecule has 3 saturated carbocycles. The minimum atomic E-state index is -1.29. The maximum atomic E-state index is 14.0. The number of fused-ring (bicyclic) bond motifs is 3. The van der Waals surface area contributed by atoms with Crippen LogP contribution in [0.1, 0.15) is 37.7 Å². The fourth-order valence-corrected chi connectivity index (χ4v) is 8.14. The van der Waals surface area contributed by atoms with Crippen molar-refractivity contribution in [1.29, 1.82) is 0 Å². The summed E-state index contributed by atoms with van der Waals surface area (Å²) in [5, 5.41) is 0. The van der Waals surface area contributed by atoms with Gasteiger partial charge in [0, 0.05) is 6.54 Å². The van der Waals surface area contributed by atoms with E-state index in [0.717, 1.165) is 19.3 Å². The molecule has 3 aliphatic heterocycles. The van der Waals surface area contributed by atoms with Gasteiger partial charge in [-0.05, 0) is 49.1 Å². The predicted octanol–water partition coefficient (Wildman–Crippen LogP) is 1.80. The highest BCUT2D eigenvalue weighted by atomic mass is 16.5. The zero-order chi connectivity index (χ0) is 21.8. The monoisotopic (exact) mass is 424 g/mol. The quantitative estimate of drug-likeness (QED) is 0.504. The first-order valence-corrected chi connectivity index (χ1v) is 10.8. The molecule has 162 valence electrons. The van der Waals surface area contributed by atoms with Gasteiger partial charge in [0.25, 0.3) is 5.91 Å². The van der Waals surface area contributed by atoms with Gasteiger partial charge in [-0.15, -0.1) is 0 Å². The molecule has 31 heavy (non-hydrogen) atoms. The van der Waals surface area contributed by atoms with Gasteiger partial charge in [-0.3, -0.25) is 19.3 Å². The van der Waals surface area contributed by atoms with E-state index in [2.05, 4.69) is 0 Å². The SMILES string of the molecule is COC(=O)C1CC23CCCN4C(=O)C(=O)C5(c6ccccc6N(C(=O)OC)C15CC2)C43. The van der Waals surface area contributed by atoms with Gasteiger partial charge < -0.3 is 14.4 Å². The summed E-state index contributed by atoms with van der Waals surface area (Å²) in [6.45, 7) is 0.526. The second-order valence-corrected chi connectivity index (χ2v) is 9.53. The van der Waals surface area contributed by atoms with Gasteiger partial charge in [0.15, 0.2) is 0 Å². The number of benzene rings is 1. The molecule has 5 unspecified atom stereocenters. The number of hydrogen-bond acceptors (Lipinski definition) is 6. The highest BCUT2D eigenvalue weighted by Gasteiger charge is 2.86. The molecule has 6 aliphatic rings. The van der Waals surface area contributed by atoms with Gasteiger partial charge in [-0.1, -0.05) is 18.2 Å². The van der Waals surface area contributed by atoms with E-state index in [9.17, 15) is 19.2 Å². The molecule has 8 nitrogen and oxygen atoms in total. The number of piperidine rings is 1.